The molecule has 1 aliphatic rings. The fraction of sp³-hybridized carbons (Fsp3) is 0.429. The van der Waals surface area contributed by atoms with Gasteiger partial charge in [-0.1, -0.05) is 29.9 Å². The smallest absolute Gasteiger partial charge is 0.404 e. The van der Waals surface area contributed by atoms with Gasteiger partial charge in [-0.3, -0.25) is 0 Å². The predicted molar refractivity (Wildman–Crippen MR) is 85.1 cm³/mol. The van der Waals surface area contributed by atoms with Gasteiger partial charge in [-0.25, -0.2) is 9.78 Å². The summed E-state index contributed by atoms with van der Waals surface area (Å²) in [5.41, 5.74) is 6.39. The summed E-state index contributed by atoms with van der Waals surface area (Å²) in [7, 11) is 0. The van der Waals surface area contributed by atoms with E-state index in [4.69, 9.17) is 22.4 Å². The van der Waals surface area contributed by atoms with Gasteiger partial charge in [0.1, 0.15) is 5.82 Å². The number of rotatable bonds is 1. The fourth-order valence-corrected chi connectivity index (χ4v) is 2.95. The molecule has 0 aliphatic heterocycles. The number of nitrogens with two attached hydrogens (primary N) is 1. The Morgan fingerprint density at radius 3 is 3.05 bits per heavy atom. The van der Waals surface area contributed by atoms with Gasteiger partial charge in [0.2, 0.25) is 0 Å². The largest absolute Gasteiger partial charge is 0.465 e. The highest BCUT2D eigenvalue weighted by atomic mass is 79.9. The molecule has 4 N–H and O–H groups in total. The lowest BCUT2D eigenvalue weighted by Gasteiger charge is -2.25. The van der Waals surface area contributed by atoms with Crippen LogP contribution in [0.4, 0.5) is 10.6 Å². The molecule has 1 heterocycles. The van der Waals surface area contributed by atoms with Crippen LogP contribution in [-0.4, -0.2) is 22.2 Å². The monoisotopic (exact) mass is 371 g/mol. The van der Waals surface area contributed by atoms with Gasteiger partial charge < -0.3 is 16.2 Å². The second-order valence-electron chi connectivity index (χ2n) is 4.96. The van der Waals surface area contributed by atoms with Crippen LogP contribution in [0.3, 0.4) is 0 Å². The van der Waals surface area contributed by atoms with Crippen LogP contribution < -0.4 is 11.1 Å². The summed E-state index contributed by atoms with van der Waals surface area (Å²) in [6.07, 6.45) is 3.96. The molecule has 1 aromatic heterocycles. The van der Waals surface area contributed by atoms with Crippen LogP contribution in [0.1, 0.15) is 31.2 Å². The Labute approximate surface area is 136 Å². The number of nitrogen functional groups attached to an aromatic ring is 1. The van der Waals surface area contributed by atoms with Gasteiger partial charge in [0.15, 0.2) is 0 Å². The minimum Gasteiger partial charge on any atom is -0.465 e. The fourth-order valence-electron chi connectivity index (χ4n) is 2.40. The zero-order valence-electron chi connectivity index (χ0n) is 11.2. The molecule has 7 heteroatoms. The molecule has 5 nitrogen and oxygen atoms in total. The number of anilines is 1. The molecule has 0 aromatic carbocycles. The topological polar surface area (TPSA) is 88.2 Å². The number of nitrogens with zero attached hydrogens (tertiary/aromatic N) is 1. The van der Waals surface area contributed by atoms with Gasteiger partial charge in [0.25, 0.3) is 0 Å². The molecule has 0 radical (unpaired) electrons. The molecule has 21 heavy (non-hydrogen) atoms. The van der Waals surface area contributed by atoms with Gasteiger partial charge in [-0.15, -0.1) is 0 Å². The van der Waals surface area contributed by atoms with Crippen molar-refractivity contribution in [2.45, 2.75) is 31.7 Å². The normalized spacial score (nSPS) is 21.2. The first-order valence-corrected chi connectivity index (χ1v) is 7.75. The van der Waals surface area contributed by atoms with Crippen molar-refractivity contribution >= 4 is 39.4 Å². The van der Waals surface area contributed by atoms with Crippen molar-refractivity contribution in [1.82, 2.24) is 10.3 Å². The molecule has 2 rings (SSSR count). The number of pyridine rings is 1. The number of aromatic nitrogens is 1. The second kappa shape index (κ2) is 7.01. The van der Waals surface area contributed by atoms with Crippen molar-refractivity contribution in [3.8, 4) is 11.8 Å². The Bertz CT molecular complexity index is 612. The van der Waals surface area contributed by atoms with E-state index in [0.29, 0.717) is 27.3 Å². The number of nitrogens with one attached hydrogen (secondary N) is 1. The van der Waals surface area contributed by atoms with Crippen molar-refractivity contribution in [1.29, 1.82) is 0 Å². The highest BCUT2D eigenvalue weighted by Crippen LogP contribution is 2.29. The van der Waals surface area contributed by atoms with Crippen LogP contribution in [0.2, 0.25) is 5.02 Å². The van der Waals surface area contributed by atoms with E-state index in [0.717, 1.165) is 19.3 Å². The molecule has 1 amide bonds. The molecular formula is C14H15BrClN3O2. The first-order chi connectivity index (χ1) is 9.97. The summed E-state index contributed by atoms with van der Waals surface area (Å²) in [5.74, 6) is 6.65. The number of hydrogen-bond acceptors (Lipinski definition) is 3. The summed E-state index contributed by atoms with van der Waals surface area (Å²) in [5, 5.41) is 11.8. The Kier molecular flexibility index (Phi) is 5.32. The lowest BCUT2D eigenvalue weighted by Crippen LogP contribution is -2.37. The zero-order valence-corrected chi connectivity index (χ0v) is 13.5. The molecule has 1 aromatic rings. The van der Waals surface area contributed by atoms with Crippen LogP contribution in [0.25, 0.3) is 0 Å². The maximum atomic E-state index is 10.7. The quantitative estimate of drug-likeness (QED) is 0.660. The molecule has 2 atom stereocenters. The SMILES string of the molecule is Nc1ncc(Cl)c(Br)c1C#CC1CCCC(NC(=O)O)C1. The van der Waals surface area contributed by atoms with Crippen molar-refractivity contribution < 1.29 is 9.90 Å². The van der Waals surface area contributed by atoms with E-state index >= 15 is 0 Å². The summed E-state index contributed by atoms with van der Waals surface area (Å²) in [6, 6.07) is -0.0335. The first-order valence-electron chi connectivity index (χ1n) is 6.58. The molecule has 1 saturated carbocycles. The Morgan fingerprint density at radius 1 is 1.57 bits per heavy atom. The average Bonchev–Trinajstić information content (AvgIpc) is 2.43. The van der Waals surface area contributed by atoms with Crippen molar-refractivity contribution in [3.05, 3.63) is 21.3 Å². The van der Waals surface area contributed by atoms with Gasteiger partial charge in [-0.05, 0) is 35.2 Å². The van der Waals surface area contributed by atoms with E-state index in [1.165, 1.54) is 6.20 Å². The van der Waals surface area contributed by atoms with Gasteiger partial charge in [0, 0.05) is 18.2 Å². The third-order valence-corrected chi connectivity index (χ3v) is 4.74. The number of carbonyl (C=O) groups is 1. The van der Waals surface area contributed by atoms with Crippen LogP contribution in [0, 0.1) is 17.8 Å². The summed E-state index contributed by atoms with van der Waals surface area (Å²) >= 11 is 9.34. The number of hydrogen-bond donors (Lipinski definition) is 3. The van der Waals surface area contributed by atoms with Gasteiger partial charge in [0.05, 0.1) is 15.1 Å². The molecule has 0 spiro atoms. The molecule has 1 aliphatic carbocycles. The molecule has 2 unspecified atom stereocenters. The highest BCUT2D eigenvalue weighted by molar-refractivity contribution is 9.10. The standard InChI is InChI=1S/C14H15BrClN3O2/c15-12-10(13(17)18-7-11(12)16)5-4-8-2-1-3-9(6-8)19-14(20)21/h7-9,19H,1-3,6H2,(H2,17,18)(H,20,21). The molecule has 112 valence electrons. The maximum absolute atomic E-state index is 10.7. The number of carboxylic acid groups (broad SMARTS) is 1. The van der Waals surface area contributed by atoms with Crippen LogP contribution in [0.5, 0.6) is 0 Å². The van der Waals surface area contributed by atoms with E-state index in [1.54, 1.807) is 0 Å². The lowest BCUT2D eigenvalue weighted by molar-refractivity contribution is 0.184. The zero-order chi connectivity index (χ0) is 15.4. The van der Waals surface area contributed by atoms with E-state index in [1.807, 2.05) is 0 Å². The minimum absolute atomic E-state index is 0.0335. The van der Waals surface area contributed by atoms with Crippen LogP contribution in [-0.2, 0) is 0 Å². The number of halogens is 2. The third-order valence-electron chi connectivity index (χ3n) is 3.41. The summed E-state index contributed by atoms with van der Waals surface area (Å²) in [6.45, 7) is 0. The summed E-state index contributed by atoms with van der Waals surface area (Å²) in [4.78, 5) is 14.7. The Balaban J connectivity index is 2.12. The molecular weight excluding hydrogens is 358 g/mol. The molecule has 0 bridgehead atoms. The average molecular weight is 373 g/mol. The minimum atomic E-state index is -0.986. The van der Waals surface area contributed by atoms with E-state index in [9.17, 15) is 4.79 Å². The van der Waals surface area contributed by atoms with Crippen molar-refractivity contribution in [2.24, 2.45) is 5.92 Å². The van der Waals surface area contributed by atoms with E-state index < -0.39 is 6.09 Å². The number of amides is 1. The Morgan fingerprint density at radius 2 is 2.33 bits per heavy atom. The van der Waals surface area contributed by atoms with E-state index in [2.05, 4.69) is 38.1 Å². The molecule has 0 saturated heterocycles. The van der Waals surface area contributed by atoms with Gasteiger partial charge >= 0.3 is 6.09 Å². The summed E-state index contributed by atoms with van der Waals surface area (Å²) < 4.78 is 0.639. The highest BCUT2D eigenvalue weighted by Gasteiger charge is 2.21. The molecule has 1 fully saturated rings. The maximum Gasteiger partial charge on any atom is 0.404 e. The van der Waals surface area contributed by atoms with Gasteiger partial charge in [-0.2, -0.15) is 0 Å². The third kappa shape index (κ3) is 4.26. The van der Waals surface area contributed by atoms with Crippen LogP contribution in [0.15, 0.2) is 10.7 Å². The van der Waals surface area contributed by atoms with E-state index in [-0.39, 0.29) is 12.0 Å². The first kappa shape index (κ1) is 15.9. The Hall–Kier alpha value is -1.45. The predicted octanol–water partition coefficient (Wildman–Crippen LogP) is 3.26. The lowest BCUT2D eigenvalue weighted by atomic mass is 9.86. The second-order valence-corrected chi connectivity index (χ2v) is 6.16. The van der Waals surface area contributed by atoms with Crippen molar-refractivity contribution in [2.75, 3.05) is 5.73 Å². The van der Waals surface area contributed by atoms with Crippen molar-refractivity contribution in [3.63, 3.8) is 0 Å². The van der Waals surface area contributed by atoms with Crippen LogP contribution >= 0.6 is 27.5 Å².